The molecule has 5 nitrogen and oxygen atoms in total. The van der Waals surface area contributed by atoms with E-state index in [1.54, 1.807) is 25.3 Å². The van der Waals surface area contributed by atoms with E-state index in [4.69, 9.17) is 9.15 Å². The van der Waals surface area contributed by atoms with Crippen molar-refractivity contribution in [3.8, 4) is 5.75 Å². The molecule has 0 saturated carbocycles. The second-order valence-corrected chi connectivity index (χ2v) is 6.13. The van der Waals surface area contributed by atoms with Crippen LogP contribution >= 0.6 is 15.9 Å². The molecule has 124 valence electrons. The van der Waals surface area contributed by atoms with Gasteiger partial charge < -0.3 is 19.6 Å². The summed E-state index contributed by atoms with van der Waals surface area (Å²) in [7, 11) is 1.55. The summed E-state index contributed by atoms with van der Waals surface area (Å²) in [5.74, 6) is 1.86. The Morgan fingerprint density at radius 3 is 2.74 bits per heavy atom. The number of hydrogen-bond acceptors (Lipinski definition) is 4. The van der Waals surface area contributed by atoms with Gasteiger partial charge in [-0.05, 0) is 60.5 Å². The van der Waals surface area contributed by atoms with Crippen molar-refractivity contribution in [1.82, 2.24) is 5.32 Å². The van der Waals surface area contributed by atoms with Crippen LogP contribution in [-0.2, 0) is 0 Å². The second kappa shape index (κ2) is 7.66. The van der Waals surface area contributed by atoms with Crippen molar-refractivity contribution < 1.29 is 19.1 Å². The SMILES string of the molecule is COc1ccc(Br)c(C(=O)NCCC(O)c2cc(C)oc2C)c1. The van der Waals surface area contributed by atoms with Crippen LogP contribution in [0, 0.1) is 13.8 Å². The molecule has 1 aromatic heterocycles. The van der Waals surface area contributed by atoms with Gasteiger partial charge in [0.1, 0.15) is 17.3 Å². The average molecular weight is 382 g/mol. The number of hydrogen-bond donors (Lipinski definition) is 2. The van der Waals surface area contributed by atoms with E-state index in [0.29, 0.717) is 34.5 Å². The first-order valence-electron chi connectivity index (χ1n) is 7.29. The third-order valence-electron chi connectivity index (χ3n) is 3.56. The van der Waals surface area contributed by atoms with Crippen molar-refractivity contribution in [2.24, 2.45) is 0 Å². The number of nitrogens with one attached hydrogen (secondary N) is 1. The first-order valence-corrected chi connectivity index (χ1v) is 8.08. The Morgan fingerprint density at radius 2 is 2.13 bits per heavy atom. The summed E-state index contributed by atoms with van der Waals surface area (Å²) in [6.45, 7) is 4.01. The summed E-state index contributed by atoms with van der Waals surface area (Å²) in [6.07, 6.45) is -0.255. The highest BCUT2D eigenvalue weighted by Crippen LogP contribution is 2.24. The van der Waals surface area contributed by atoms with Crippen LogP contribution in [0.2, 0.25) is 0 Å². The van der Waals surface area contributed by atoms with Crippen LogP contribution < -0.4 is 10.1 Å². The maximum atomic E-state index is 12.2. The quantitative estimate of drug-likeness (QED) is 0.802. The molecule has 0 aliphatic carbocycles. The largest absolute Gasteiger partial charge is 0.497 e. The molecule has 0 saturated heterocycles. The number of aliphatic hydroxyl groups is 1. The van der Waals surface area contributed by atoms with E-state index in [9.17, 15) is 9.90 Å². The molecule has 0 bridgehead atoms. The number of rotatable bonds is 6. The van der Waals surface area contributed by atoms with E-state index in [1.807, 2.05) is 19.9 Å². The molecule has 0 radical (unpaired) electrons. The monoisotopic (exact) mass is 381 g/mol. The van der Waals surface area contributed by atoms with Gasteiger partial charge in [-0.15, -0.1) is 0 Å². The summed E-state index contributed by atoms with van der Waals surface area (Å²) in [6, 6.07) is 7.02. The predicted molar refractivity (Wildman–Crippen MR) is 90.8 cm³/mol. The number of ether oxygens (including phenoxy) is 1. The lowest BCUT2D eigenvalue weighted by molar-refractivity contribution is 0.0941. The lowest BCUT2D eigenvalue weighted by atomic mass is 10.1. The predicted octanol–water partition coefficient (Wildman–Crippen LogP) is 3.52. The maximum Gasteiger partial charge on any atom is 0.252 e. The van der Waals surface area contributed by atoms with Crippen LogP contribution in [-0.4, -0.2) is 24.7 Å². The molecule has 2 rings (SSSR count). The molecule has 6 heteroatoms. The number of aryl methyl sites for hydroxylation is 2. The van der Waals surface area contributed by atoms with E-state index >= 15 is 0 Å². The number of furan rings is 1. The molecule has 2 aromatic rings. The summed E-state index contributed by atoms with van der Waals surface area (Å²) >= 11 is 3.35. The minimum absolute atomic E-state index is 0.219. The minimum Gasteiger partial charge on any atom is -0.497 e. The first kappa shape index (κ1) is 17.6. The maximum absolute atomic E-state index is 12.2. The number of carbonyl (C=O) groups excluding carboxylic acids is 1. The normalized spacial score (nSPS) is 12.0. The summed E-state index contributed by atoms with van der Waals surface area (Å²) < 4.78 is 11.2. The van der Waals surface area contributed by atoms with Gasteiger partial charge in [-0.25, -0.2) is 0 Å². The van der Waals surface area contributed by atoms with Gasteiger partial charge in [-0.2, -0.15) is 0 Å². The topological polar surface area (TPSA) is 71.7 Å². The second-order valence-electron chi connectivity index (χ2n) is 5.27. The first-order chi connectivity index (χ1) is 10.9. The number of methoxy groups -OCH3 is 1. The smallest absolute Gasteiger partial charge is 0.252 e. The zero-order valence-corrected chi connectivity index (χ0v) is 14.9. The Balaban J connectivity index is 1.93. The fraction of sp³-hybridized carbons (Fsp3) is 0.353. The molecule has 1 aromatic carbocycles. The highest BCUT2D eigenvalue weighted by atomic mass is 79.9. The highest BCUT2D eigenvalue weighted by Gasteiger charge is 2.16. The molecule has 0 fully saturated rings. The van der Waals surface area contributed by atoms with Gasteiger partial charge in [0.25, 0.3) is 5.91 Å². The van der Waals surface area contributed by atoms with Crippen molar-refractivity contribution in [2.45, 2.75) is 26.4 Å². The highest BCUT2D eigenvalue weighted by molar-refractivity contribution is 9.10. The van der Waals surface area contributed by atoms with Gasteiger partial charge in [0.2, 0.25) is 0 Å². The molecular formula is C17H20BrNO4. The van der Waals surface area contributed by atoms with Crippen LogP contribution in [0.5, 0.6) is 5.75 Å². The van der Waals surface area contributed by atoms with Crippen molar-refractivity contribution >= 4 is 21.8 Å². The van der Waals surface area contributed by atoms with Crippen molar-refractivity contribution in [3.63, 3.8) is 0 Å². The molecule has 0 aliphatic heterocycles. The molecule has 2 N–H and O–H groups in total. The van der Waals surface area contributed by atoms with Gasteiger partial charge in [-0.1, -0.05) is 0 Å². The number of aliphatic hydroxyl groups excluding tert-OH is 1. The van der Waals surface area contributed by atoms with Crippen LogP contribution in [0.1, 0.15) is 40.0 Å². The van der Waals surface area contributed by atoms with Crippen LogP contribution in [0.4, 0.5) is 0 Å². The third kappa shape index (κ3) is 4.36. The summed E-state index contributed by atoms with van der Waals surface area (Å²) in [5, 5.41) is 13.0. The van der Waals surface area contributed by atoms with Crippen LogP contribution in [0.15, 0.2) is 33.2 Å². The van der Waals surface area contributed by atoms with Gasteiger partial charge in [-0.3, -0.25) is 4.79 Å². The van der Waals surface area contributed by atoms with Gasteiger partial charge >= 0.3 is 0 Å². The summed E-state index contributed by atoms with van der Waals surface area (Å²) in [5.41, 5.74) is 1.26. The Morgan fingerprint density at radius 1 is 1.39 bits per heavy atom. The lowest BCUT2D eigenvalue weighted by Crippen LogP contribution is -2.26. The minimum atomic E-state index is -0.665. The fourth-order valence-corrected chi connectivity index (χ4v) is 2.79. The number of benzene rings is 1. The molecule has 1 unspecified atom stereocenters. The molecular weight excluding hydrogens is 362 g/mol. The van der Waals surface area contributed by atoms with Crippen molar-refractivity contribution in [2.75, 3.05) is 13.7 Å². The number of carbonyl (C=O) groups is 1. The molecule has 23 heavy (non-hydrogen) atoms. The van der Waals surface area contributed by atoms with Gasteiger partial charge in [0.05, 0.1) is 18.8 Å². The van der Waals surface area contributed by atoms with Crippen molar-refractivity contribution in [3.05, 3.63) is 51.4 Å². The number of amides is 1. The molecule has 1 atom stereocenters. The summed E-state index contributed by atoms with van der Waals surface area (Å²) in [4.78, 5) is 12.2. The Hall–Kier alpha value is -1.79. The fourth-order valence-electron chi connectivity index (χ4n) is 2.36. The molecule has 0 aliphatic rings. The van der Waals surface area contributed by atoms with Crippen LogP contribution in [0.3, 0.4) is 0 Å². The Kier molecular flexibility index (Phi) is 5.85. The van der Waals surface area contributed by atoms with E-state index in [-0.39, 0.29) is 5.91 Å². The van der Waals surface area contributed by atoms with Crippen molar-refractivity contribution in [1.29, 1.82) is 0 Å². The zero-order chi connectivity index (χ0) is 17.0. The van der Waals surface area contributed by atoms with E-state index in [1.165, 1.54) is 0 Å². The van der Waals surface area contributed by atoms with E-state index < -0.39 is 6.10 Å². The molecule has 1 amide bonds. The average Bonchev–Trinajstić information content (AvgIpc) is 2.86. The Bertz CT molecular complexity index is 696. The zero-order valence-electron chi connectivity index (χ0n) is 13.4. The van der Waals surface area contributed by atoms with E-state index in [2.05, 4.69) is 21.2 Å². The third-order valence-corrected chi connectivity index (χ3v) is 4.25. The Labute approximate surface area is 143 Å². The van der Waals surface area contributed by atoms with E-state index in [0.717, 1.165) is 11.3 Å². The standard InChI is InChI=1S/C17H20BrNO4/c1-10-8-13(11(2)23-10)16(20)6-7-19-17(21)14-9-12(22-3)4-5-15(14)18/h4-5,8-9,16,20H,6-7H2,1-3H3,(H,19,21). The number of halogens is 1. The molecule has 0 spiro atoms. The van der Waals surface area contributed by atoms with Gasteiger partial charge in [0, 0.05) is 16.6 Å². The van der Waals surface area contributed by atoms with Crippen LogP contribution in [0.25, 0.3) is 0 Å². The van der Waals surface area contributed by atoms with Gasteiger partial charge in [0.15, 0.2) is 0 Å². The molecule has 1 heterocycles. The lowest BCUT2D eigenvalue weighted by Gasteiger charge is -2.12.